The molecule has 1 aliphatic heterocycles. The van der Waals surface area contributed by atoms with Gasteiger partial charge in [-0.15, -0.1) is 11.3 Å². The van der Waals surface area contributed by atoms with E-state index < -0.39 is 0 Å². The number of piperazine rings is 1. The maximum Gasteiger partial charge on any atom is 0.223 e. The van der Waals surface area contributed by atoms with E-state index in [1.807, 2.05) is 6.20 Å². The number of hydrogen-bond donors (Lipinski definition) is 2. The summed E-state index contributed by atoms with van der Waals surface area (Å²) in [6.45, 7) is 6.69. The fourth-order valence-corrected chi connectivity index (χ4v) is 2.58. The first-order valence-corrected chi connectivity index (χ1v) is 6.21. The Kier molecular flexibility index (Phi) is 3.87. The lowest BCUT2D eigenvalue weighted by atomic mass is 10.3. The zero-order chi connectivity index (χ0) is 11.4. The molecule has 1 aliphatic rings. The molecule has 1 saturated heterocycles. The topological polar surface area (TPSA) is 57.3 Å². The number of amides is 1. The van der Waals surface area contributed by atoms with Gasteiger partial charge in [0, 0.05) is 50.7 Å². The van der Waals surface area contributed by atoms with Gasteiger partial charge >= 0.3 is 0 Å². The molecule has 0 aliphatic carbocycles. The molecule has 2 heterocycles. The molecule has 5 nitrogen and oxygen atoms in total. The molecule has 0 bridgehead atoms. The smallest absolute Gasteiger partial charge is 0.223 e. The molecular formula is C10H16N4OS. The number of hydrogen-bond acceptors (Lipinski definition) is 5. The Labute approximate surface area is 98.9 Å². The van der Waals surface area contributed by atoms with Gasteiger partial charge in [0.05, 0.1) is 0 Å². The van der Waals surface area contributed by atoms with E-state index in [-0.39, 0.29) is 5.91 Å². The minimum absolute atomic E-state index is 0.0666. The summed E-state index contributed by atoms with van der Waals surface area (Å²) in [6, 6.07) is 0. The average molecular weight is 240 g/mol. The van der Waals surface area contributed by atoms with Crippen molar-refractivity contribution >= 4 is 22.4 Å². The summed E-state index contributed by atoms with van der Waals surface area (Å²) in [4.78, 5) is 18.6. The number of rotatable bonds is 3. The van der Waals surface area contributed by atoms with Crippen LogP contribution in [0.5, 0.6) is 0 Å². The summed E-state index contributed by atoms with van der Waals surface area (Å²) in [7, 11) is 0. The van der Waals surface area contributed by atoms with Gasteiger partial charge in [-0.2, -0.15) is 0 Å². The average Bonchev–Trinajstić information content (AvgIpc) is 2.66. The van der Waals surface area contributed by atoms with E-state index in [9.17, 15) is 4.79 Å². The molecule has 1 fully saturated rings. The van der Waals surface area contributed by atoms with Crippen molar-refractivity contribution in [2.24, 2.45) is 0 Å². The highest BCUT2D eigenvalue weighted by atomic mass is 32.1. The predicted molar refractivity (Wildman–Crippen MR) is 64.6 cm³/mol. The lowest BCUT2D eigenvalue weighted by Crippen LogP contribution is -2.42. The van der Waals surface area contributed by atoms with Crippen LogP contribution in [0.15, 0.2) is 6.20 Å². The molecule has 0 radical (unpaired) electrons. The van der Waals surface area contributed by atoms with Crippen molar-refractivity contribution in [1.82, 2.24) is 15.2 Å². The summed E-state index contributed by atoms with van der Waals surface area (Å²) in [5.74, 6) is -0.0666. The summed E-state index contributed by atoms with van der Waals surface area (Å²) < 4.78 is 0. The minimum Gasteiger partial charge on any atom is -0.314 e. The van der Waals surface area contributed by atoms with E-state index in [4.69, 9.17) is 0 Å². The van der Waals surface area contributed by atoms with Gasteiger partial charge < -0.3 is 10.6 Å². The highest BCUT2D eigenvalue weighted by Gasteiger charge is 2.11. The van der Waals surface area contributed by atoms with Crippen LogP contribution >= 0.6 is 11.3 Å². The molecule has 2 N–H and O–H groups in total. The number of carbonyl (C=O) groups is 1. The molecule has 0 spiro atoms. The first kappa shape index (κ1) is 11.5. The molecule has 1 aromatic rings. The Hall–Kier alpha value is -0.980. The Morgan fingerprint density at radius 1 is 1.62 bits per heavy atom. The van der Waals surface area contributed by atoms with E-state index >= 15 is 0 Å². The van der Waals surface area contributed by atoms with Crippen molar-refractivity contribution in [2.75, 3.05) is 31.5 Å². The van der Waals surface area contributed by atoms with Gasteiger partial charge in [-0.05, 0) is 0 Å². The van der Waals surface area contributed by atoms with Crippen LogP contribution in [-0.4, -0.2) is 42.0 Å². The number of aromatic nitrogens is 1. The van der Waals surface area contributed by atoms with Crippen LogP contribution in [-0.2, 0) is 11.3 Å². The SMILES string of the molecule is CC(=O)Nc1ncc(CN2CCNCC2)s1. The number of carbonyl (C=O) groups excluding carboxylic acids is 1. The normalized spacial score (nSPS) is 17.3. The van der Waals surface area contributed by atoms with Gasteiger partial charge in [0.1, 0.15) is 0 Å². The van der Waals surface area contributed by atoms with E-state index in [1.165, 1.54) is 11.8 Å². The zero-order valence-corrected chi connectivity index (χ0v) is 10.1. The molecule has 16 heavy (non-hydrogen) atoms. The quantitative estimate of drug-likeness (QED) is 0.808. The molecule has 88 valence electrons. The van der Waals surface area contributed by atoms with E-state index in [2.05, 4.69) is 20.5 Å². The van der Waals surface area contributed by atoms with Crippen LogP contribution in [0, 0.1) is 0 Å². The first-order chi connectivity index (χ1) is 7.74. The largest absolute Gasteiger partial charge is 0.314 e. The van der Waals surface area contributed by atoms with Gasteiger partial charge in [-0.3, -0.25) is 9.69 Å². The van der Waals surface area contributed by atoms with Gasteiger partial charge in [0.2, 0.25) is 5.91 Å². The Balaban J connectivity index is 1.88. The van der Waals surface area contributed by atoms with Crippen molar-refractivity contribution in [2.45, 2.75) is 13.5 Å². The standard InChI is InChI=1S/C10H16N4OS/c1-8(15)13-10-12-6-9(16-10)7-14-4-2-11-3-5-14/h6,11H,2-5,7H2,1H3,(H,12,13,15). The molecule has 0 aromatic carbocycles. The van der Waals surface area contributed by atoms with Crippen LogP contribution in [0.4, 0.5) is 5.13 Å². The molecule has 0 unspecified atom stereocenters. The van der Waals surface area contributed by atoms with Crippen molar-refractivity contribution in [3.8, 4) is 0 Å². The zero-order valence-electron chi connectivity index (χ0n) is 9.32. The van der Waals surface area contributed by atoms with Gasteiger partial charge in [-0.1, -0.05) is 0 Å². The fourth-order valence-electron chi connectivity index (χ4n) is 1.68. The van der Waals surface area contributed by atoms with Crippen LogP contribution in [0.3, 0.4) is 0 Å². The second-order valence-corrected chi connectivity index (χ2v) is 4.95. The van der Waals surface area contributed by atoms with Crippen molar-refractivity contribution in [3.05, 3.63) is 11.1 Å². The van der Waals surface area contributed by atoms with Gasteiger partial charge in [0.25, 0.3) is 0 Å². The lowest BCUT2D eigenvalue weighted by molar-refractivity contribution is -0.114. The van der Waals surface area contributed by atoms with Crippen LogP contribution < -0.4 is 10.6 Å². The summed E-state index contributed by atoms with van der Waals surface area (Å²) in [5.41, 5.74) is 0. The summed E-state index contributed by atoms with van der Waals surface area (Å²) >= 11 is 1.55. The Morgan fingerprint density at radius 2 is 2.38 bits per heavy atom. The minimum atomic E-state index is -0.0666. The van der Waals surface area contributed by atoms with Crippen LogP contribution in [0.1, 0.15) is 11.8 Å². The summed E-state index contributed by atoms with van der Waals surface area (Å²) in [5, 5.41) is 6.71. The molecule has 6 heteroatoms. The third-order valence-corrected chi connectivity index (χ3v) is 3.32. The van der Waals surface area contributed by atoms with Gasteiger partial charge in [0.15, 0.2) is 5.13 Å². The Morgan fingerprint density at radius 3 is 3.06 bits per heavy atom. The number of nitrogens with one attached hydrogen (secondary N) is 2. The second-order valence-electron chi connectivity index (χ2n) is 3.84. The highest BCUT2D eigenvalue weighted by molar-refractivity contribution is 7.15. The van der Waals surface area contributed by atoms with Crippen molar-refractivity contribution in [1.29, 1.82) is 0 Å². The first-order valence-electron chi connectivity index (χ1n) is 5.39. The second kappa shape index (κ2) is 5.38. The highest BCUT2D eigenvalue weighted by Crippen LogP contribution is 2.19. The van der Waals surface area contributed by atoms with E-state index in [0.29, 0.717) is 5.13 Å². The number of thiazole rings is 1. The number of anilines is 1. The molecule has 1 aromatic heterocycles. The molecule has 2 rings (SSSR count). The van der Waals surface area contributed by atoms with Crippen molar-refractivity contribution in [3.63, 3.8) is 0 Å². The van der Waals surface area contributed by atoms with Crippen molar-refractivity contribution < 1.29 is 4.79 Å². The number of nitrogens with zero attached hydrogens (tertiary/aromatic N) is 2. The van der Waals surface area contributed by atoms with E-state index in [0.717, 1.165) is 32.7 Å². The maximum atomic E-state index is 10.8. The predicted octanol–water partition coefficient (Wildman–Crippen LogP) is 0.507. The van der Waals surface area contributed by atoms with Crippen LogP contribution in [0.2, 0.25) is 0 Å². The fraction of sp³-hybridized carbons (Fsp3) is 0.600. The third-order valence-electron chi connectivity index (χ3n) is 2.43. The third kappa shape index (κ3) is 3.26. The molecular weight excluding hydrogens is 224 g/mol. The summed E-state index contributed by atoms with van der Waals surface area (Å²) in [6.07, 6.45) is 1.85. The van der Waals surface area contributed by atoms with Gasteiger partial charge in [-0.25, -0.2) is 4.98 Å². The molecule has 0 saturated carbocycles. The Bertz CT molecular complexity index is 359. The maximum absolute atomic E-state index is 10.8. The molecule has 1 amide bonds. The molecule has 0 atom stereocenters. The monoisotopic (exact) mass is 240 g/mol. The lowest BCUT2D eigenvalue weighted by Gasteiger charge is -2.26. The van der Waals surface area contributed by atoms with E-state index in [1.54, 1.807) is 11.3 Å². The van der Waals surface area contributed by atoms with Crippen LogP contribution in [0.25, 0.3) is 0 Å².